The first-order valence-electron chi connectivity index (χ1n) is 12.0. The fraction of sp³-hybridized carbons (Fsp3) is 0.370. The SMILES string of the molecule is COC(=O)C1CN(c2nc(-c3ccc(Cl)c(Cl)c3)c(CC(C)C)s2)CCN1C(=O)OCc1ccccc1. The lowest BCUT2D eigenvalue weighted by Gasteiger charge is -2.39. The molecule has 1 saturated heterocycles. The van der Waals surface area contributed by atoms with E-state index in [0.717, 1.165) is 33.3 Å². The normalized spacial score (nSPS) is 15.7. The summed E-state index contributed by atoms with van der Waals surface area (Å²) in [6.07, 6.45) is 0.300. The van der Waals surface area contributed by atoms with Crippen molar-refractivity contribution in [2.75, 3.05) is 31.6 Å². The van der Waals surface area contributed by atoms with Gasteiger partial charge in [0.1, 0.15) is 6.61 Å². The largest absolute Gasteiger partial charge is 0.467 e. The van der Waals surface area contributed by atoms with Crippen LogP contribution in [0.1, 0.15) is 24.3 Å². The summed E-state index contributed by atoms with van der Waals surface area (Å²) in [6, 6.07) is 14.1. The van der Waals surface area contributed by atoms with Gasteiger partial charge in [-0.3, -0.25) is 4.90 Å². The Labute approximate surface area is 230 Å². The third-order valence-electron chi connectivity index (χ3n) is 6.04. The van der Waals surface area contributed by atoms with Crippen LogP contribution in [-0.2, 0) is 27.3 Å². The molecule has 0 radical (unpaired) electrons. The molecule has 2 heterocycles. The van der Waals surface area contributed by atoms with Gasteiger partial charge in [-0.25, -0.2) is 14.6 Å². The zero-order valence-corrected chi connectivity index (χ0v) is 23.3. The van der Waals surface area contributed by atoms with Crippen molar-refractivity contribution in [3.05, 3.63) is 69.0 Å². The van der Waals surface area contributed by atoms with Crippen LogP contribution in [0.3, 0.4) is 0 Å². The number of rotatable bonds is 7. The van der Waals surface area contributed by atoms with Crippen molar-refractivity contribution in [1.29, 1.82) is 0 Å². The lowest BCUT2D eigenvalue weighted by atomic mass is 10.0. The molecule has 1 aliphatic rings. The first-order chi connectivity index (χ1) is 17.8. The number of hydrogen-bond acceptors (Lipinski definition) is 7. The molecule has 0 bridgehead atoms. The monoisotopic (exact) mass is 561 g/mol. The van der Waals surface area contributed by atoms with Crippen LogP contribution >= 0.6 is 34.5 Å². The summed E-state index contributed by atoms with van der Waals surface area (Å²) in [6.45, 7) is 5.50. The van der Waals surface area contributed by atoms with Gasteiger partial charge in [-0.2, -0.15) is 0 Å². The number of nitrogens with zero attached hydrogens (tertiary/aromatic N) is 3. The second-order valence-electron chi connectivity index (χ2n) is 9.21. The number of esters is 1. The predicted octanol–water partition coefficient (Wildman–Crippen LogP) is 6.32. The minimum Gasteiger partial charge on any atom is -0.467 e. The van der Waals surface area contributed by atoms with Crippen LogP contribution in [0, 0.1) is 5.92 Å². The summed E-state index contributed by atoms with van der Waals surface area (Å²) in [7, 11) is 1.32. The quantitative estimate of drug-likeness (QED) is 0.314. The predicted molar refractivity (Wildman–Crippen MR) is 147 cm³/mol. The minimum absolute atomic E-state index is 0.131. The summed E-state index contributed by atoms with van der Waals surface area (Å²) in [5.41, 5.74) is 2.62. The number of carbonyl (C=O) groups is 2. The Balaban J connectivity index is 1.55. The van der Waals surface area contributed by atoms with Gasteiger partial charge < -0.3 is 14.4 Å². The summed E-state index contributed by atoms with van der Waals surface area (Å²) >= 11 is 14.0. The first kappa shape index (κ1) is 27.2. The van der Waals surface area contributed by atoms with E-state index < -0.39 is 18.1 Å². The number of thiazole rings is 1. The van der Waals surface area contributed by atoms with E-state index in [-0.39, 0.29) is 13.2 Å². The molecule has 2 aromatic carbocycles. The zero-order valence-electron chi connectivity index (χ0n) is 20.9. The van der Waals surface area contributed by atoms with E-state index in [1.54, 1.807) is 17.4 Å². The Morgan fingerprint density at radius 2 is 1.86 bits per heavy atom. The number of ether oxygens (including phenoxy) is 2. The number of hydrogen-bond donors (Lipinski definition) is 0. The molecule has 10 heteroatoms. The first-order valence-corrected chi connectivity index (χ1v) is 13.6. The van der Waals surface area contributed by atoms with Gasteiger partial charge >= 0.3 is 12.1 Å². The molecule has 1 aromatic heterocycles. The van der Waals surface area contributed by atoms with Crippen molar-refractivity contribution in [1.82, 2.24) is 9.88 Å². The summed E-state index contributed by atoms with van der Waals surface area (Å²) in [4.78, 5) is 35.2. The fourth-order valence-corrected chi connectivity index (χ4v) is 5.80. The Bertz CT molecular complexity index is 1250. The lowest BCUT2D eigenvalue weighted by molar-refractivity contribution is -0.146. The van der Waals surface area contributed by atoms with E-state index in [2.05, 4.69) is 13.8 Å². The number of halogens is 2. The second kappa shape index (κ2) is 12.2. The average Bonchev–Trinajstić information content (AvgIpc) is 3.31. The molecule has 7 nitrogen and oxygen atoms in total. The van der Waals surface area contributed by atoms with Gasteiger partial charge in [0, 0.05) is 23.5 Å². The van der Waals surface area contributed by atoms with Crippen molar-refractivity contribution in [2.45, 2.75) is 32.9 Å². The van der Waals surface area contributed by atoms with Crippen molar-refractivity contribution in [3.63, 3.8) is 0 Å². The second-order valence-corrected chi connectivity index (χ2v) is 11.1. The molecule has 1 aliphatic heterocycles. The van der Waals surface area contributed by atoms with Crippen LogP contribution in [0.25, 0.3) is 11.3 Å². The van der Waals surface area contributed by atoms with Gasteiger partial charge in [-0.1, -0.05) is 73.4 Å². The molecule has 196 valence electrons. The number of carbonyl (C=O) groups excluding carboxylic acids is 2. The van der Waals surface area contributed by atoms with E-state index in [1.165, 1.54) is 12.0 Å². The number of amides is 1. The molecule has 1 amide bonds. The number of aromatic nitrogens is 1. The maximum atomic E-state index is 12.9. The molecule has 37 heavy (non-hydrogen) atoms. The van der Waals surface area contributed by atoms with E-state index >= 15 is 0 Å². The standard InChI is InChI=1S/C27H29Cl2N3O4S/c1-17(2)13-23-24(19-9-10-20(28)21(29)14-19)30-26(37-23)31-11-12-32(22(15-31)25(33)35-3)27(34)36-16-18-7-5-4-6-8-18/h4-10,14,17,22H,11-13,15-16H2,1-3H3. The lowest BCUT2D eigenvalue weighted by Crippen LogP contribution is -2.58. The summed E-state index contributed by atoms with van der Waals surface area (Å²) in [5, 5.41) is 1.74. The third-order valence-corrected chi connectivity index (χ3v) is 7.91. The Kier molecular flexibility index (Phi) is 8.95. The number of methoxy groups -OCH3 is 1. The molecule has 4 rings (SSSR count). The topological polar surface area (TPSA) is 72.0 Å². The molecule has 0 saturated carbocycles. The maximum absolute atomic E-state index is 12.9. The van der Waals surface area contributed by atoms with Crippen LogP contribution < -0.4 is 4.90 Å². The molecular weight excluding hydrogens is 533 g/mol. The Morgan fingerprint density at radius 3 is 2.54 bits per heavy atom. The molecular formula is C27H29Cl2N3O4S. The van der Waals surface area contributed by atoms with Gasteiger partial charge in [0.25, 0.3) is 0 Å². The highest BCUT2D eigenvalue weighted by Crippen LogP contribution is 2.37. The molecule has 0 aliphatic carbocycles. The highest BCUT2D eigenvalue weighted by Gasteiger charge is 2.38. The Hall–Kier alpha value is -2.81. The highest BCUT2D eigenvalue weighted by molar-refractivity contribution is 7.16. The smallest absolute Gasteiger partial charge is 0.410 e. The van der Waals surface area contributed by atoms with Crippen LogP contribution in [0.2, 0.25) is 10.0 Å². The van der Waals surface area contributed by atoms with Gasteiger partial charge in [-0.05, 0) is 30.0 Å². The molecule has 1 fully saturated rings. The van der Waals surface area contributed by atoms with E-state index in [1.807, 2.05) is 47.4 Å². The number of piperazine rings is 1. The van der Waals surface area contributed by atoms with Crippen molar-refractivity contribution in [3.8, 4) is 11.3 Å². The van der Waals surface area contributed by atoms with E-state index in [9.17, 15) is 9.59 Å². The van der Waals surface area contributed by atoms with E-state index in [4.69, 9.17) is 37.7 Å². The molecule has 1 atom stereocenters. The summed E-state index contributed by atoms with van der Waals surface area (Å²) < 4.78 is 10.5. The molecule has 0 spiro atoms. The molecule has 0 N–H and O–H groups in total. The van der Waals surface area contributed by atoms with Crippen molar-refractivity contribution < 1.29 is 19.1 Å². The Morgan fingerprint density at radius 1 is 1.11 bits per heavy atom. The fourth-order valence-electron chi connectivity index (χ4n) is 4.17. The number of anilines is 1. The third kappa shape index (κ3) is 6.55. The average molecular weight is 563 g/mol. The molecule has 3 aromatic rings. The van der Waals surface area contributed by atoms with Crippen LogP contribution in [-0.4, -0.2) is 54.7 Å². The van der Waals surface area contributed by atoms with Gasteiger partial charge in [-0.15, -0.1) is 11.3 Å². The van der Waals surface area contributed by atoms with Gasteiger partial charge in [0.15, 0.2) is 11.2 Å². The summed E-state index contributed by atoms with van der Waals surface area (Å²) in [5.74, 6) is -0.0705. The molecule has 1 unspecified atom stereocenters. The van der Waals surface area contributed by atoms with Gasteiger partial charge in [0.2, 0.25) is 0 Å². The van der Waals surface area contributed by atoms with E-state index in [0.29, 0.717) is 29.1 Å². The van der Waals surface area contributed by atoms with Crippen LogP contribution in [0.4, 0.5) is 9.93 Å². The number of benzene rings is 2. The zero-order chi connectivity index (χ0) is 26.5. The van der Waals surface area contributed by atoms with Crippen LogP contribution in [0.5, 0.6) is 0 Å². The van der Waals surface area contributed by atoms with Gasteiger partial charge in [0.05, 0.1) is 29.4 Å². The van der Waals surface area contributed by atoms with Crippen LogP contribution in [0.15, 0.2) is 48.5 Å². The van der Waals surface area contributed by atoms with Crippen molar-refractivity contribution >= 4 is 51.7 Å². The maximum Gasteiger partial charge on any atom is 0.410 e. The highest BCUT2D eigenvalue weighted by atomic mass is 35.5. The van der Waals surface area contributed by atoms with Crippen molar-refractivity contribution in [2.24, 2.45) is 5.92 Å². The minimum atomic E-state index is -0.812.